The number of anilines is 1. The Kier molecular flexibility index (Phi) is 4.39. The molecule has 0 aliphatic carbocycles. The van der Waals surface area contributed by atoms with Crippen molar-refractivity contribution < 1.29 is 9.21 Å². The van der Waals surface area contributed by atoms with Gasteiger partial charge in [-0.05, 0) is 42.3 Å². The molecule has 0 saturated carbocycles. The van der Waals surface area contributed by atoms with Gasteiger partial charge < -0.3 is 14.6 Å². The van der Waals surface area contributed by atoms with Gasteiger partial charge in [-0.15, -0.1) is 5.10 Å². The van der Waals surface area contributed by atoms with Gasteiger partial charge in [-0.2, -0.15) is 5.21 Å². The van der Waals surface area contributed by atoms with Crippen LogP contribution in [0.1, 0.15) is 23.2 Å². The smallest absolute Gasteiger partial charge is 0.265 e. The van der Waals surface area contributed by atoms with Crippen molar-refractivity contribution in [2.75, 3.05) is 18.0 Å². The van der Waals surface area contributed by atoms with Crippen LogP contribution in [0.4, 0.5) is 5.95 Å². The molecule has 0 unspecified atom stereocenters. The minimum atomic E-state index is -0.0657. The van der Waals surface area contributed by atoms with Crippen molar-refractivity contribution in [3.8, 4) is 11.3 Å². The third-order valence-corrected chi connectivity index (χ3v) is 5.25. The summed E-state index contributed by atoms with van der Waals surface area (Å²) in [6.45, 7) is 1.56. The lowest BCUT2D eigenvalue weighted by atomic mass is 10.0. The fourth-order valence-electron chi connectivity index (χ4n) is 3.69. The Morgan fingerprint density at radius 3 is 2.72 bits per heavy atom. The van der Waals surface area contributed by atoms with Gasteiger partial charge in [0.1, 0.15) is 5.58 Å². The summed E-state index contributed by atoms with van der Waals surface area (Å²) >= 11 is 0. The number of carbonyl (C=O) groups is 1. The van der Waals surface area contributed by atoms with Crippen LogP contribution in [-0.4, -0.2) is 50.6 Å². The summed E-state index contributed by atoms with van der Waals surface area (Å²) in [5.41, 5.74) is 3.22. The number of H-pyrrole nitrogens is 1. The molecule has 1 aliphatic rings. The first-order valence-electron chi connectivity index (χ1n) is 9.50. The summed E-state index contributed by atoms with van der Waals surface area (Å²) < 4.78 is 5.44. The number of amides is 1. The summed E-state index contributed by atoms with van der Waals surface area (Å²) in [6.07, 6.45) is 5.06. The molecular weight excluding hydrogens is 370 g/mol. The number of rotatable bonds is 4. The van der Waals surface area contributed by atoms with E-state index in [4.69, 9.17) is 4.42 Å². The third-order valence-electron chi connectivity index (χ3n) is 5.25. The predicted molar refractivity (Wildman–Crippen MR) is 106 cm³/mol. The Labute approximate surface area is 166 Å². The number of tetrazole rings is 1. The molecule has 9 nitrogen and oxygen atoms in total. The van der Waals surface area contributed by atoms with Crippen molar-refractivity contribution in [3.05, 3.63) is 54.4 Å². The number of aromatic nitrogens is 5. The standard InChI is InChI=1S/C20H19N7O2/c28-19(22-15-6-10-27(11-7-15)20-23-25-26-24-20)14-3-1-13(2-4-14)18-16-8-12-29-17(16)5-9-21-18/h1-5,8-9,12,15H,6-7,10-11H2,(H,22,28)(H,23,24,25,26). The molecular formula is C20H19N7O2. The number of hydrogen-bond acceptors (Lipinski definition) is 7. The lowest BCUT2D eigenvalue weighted by Gasteiger charge is -2.31. The van der Waals surface area contributed by atoms with Gasteiger partial charge in [0, 0.05) is 41.8 Å². The second kappa shape index (κ2) is 7.34. The molecule has 1 amide bonds. The first-order valence-corrected chi connectivity index (χ1v) is 9.50. The maximum absolute atomic E-state index is 12.6. The van der Waals surface area contributed by atoms with Crippen LogP contribution in [0.15, 0.2) is 53.3 Å². The number of hydrogen-bond donors (Lipinski definition) is 2. The first-order chi connectivity index (χ1) is 14.3. The maximum Gasteiger partial charge on any atom is 0.265 e. The predicted octanol–water partition coefficient (Wildman–Crippen LogP) is 2.41. The number of piperidine rings is 1. The molecule has 0 atom stereocenters. The zero-order valence-corrected chi connectivity index (χ0v) is 15.6. The molecule has 4 aromatic rings. The van der Waals surface area contributed by atoms with E-state index >= 15 is 0 Å². The van der Waals surface area contributed by atoms with Crippen molar-refractivity contribution in [2.24, 2.45) is 0 Å². The largest absolute Gasteiger partial charge is 0.464 e. The van der Waals surface area contributed by atoms with Crippen molar-refractivity contribution in [2.45, 2.75) is 18.9 Å². The van der Waals surface area contributed by atoms with Crippen molar-refractivity contribution in [1.82, 2.24) is 30.9 Å². The number of benzene rings is 1. The van der Waals surface area contributed by atoms with E-state index in [-0.39, 0.29) is 11.9 Å². The molecule has 1 saturated heterocycles. The normalized spacial score (nSPS) is 15.0. The lowest BCUT2D eigenvalue weighted by Crippen LogP contribution is -2.45. The zero-order chi connectivity index (χ0) is 19.6. The van der Waals surface area contributed by atoms with E-state index in [0.29, 0.717) is 11.5 Å². The average molecular weight is 389 g/mol. The van der Waals surface area contributed by atoms with E-state index in [9.17, 15) is 4.79 Å². The number of fused-ring (bicyclic) bond motifs is 1. The van der Waals surface area contributed by atoms with Crippen LogP contribution in [0.3, 0.4) is 0 Å². The number of carbonyl (C=O) groups excluding carboxylic acids is 1. The second-order valence-corrected chi connectivity index (χ2v) is 7.02. The highest BCUT2D eigenvalue weighted by Crippen LogP contribution is 2.27. The minimum Gasteiger partial charge on any atom is -0.464 e. The molecule has 5 rings (SSSR count). The summed E-state index contributed by atoms with van der Waals surface area (Å²) in [5.74, 6) is 0.538. The van der Waals surface area contributed by atoms with E-state index < -0.39 is 0 Å². The highest BCUT2D eigenvalue weighted by Gasteiger charge is 2.23. The highest BCUT2D eigenvalue weighted by atomic mass is 16.3. The van der Waals surface area contributed by atoms with Gasteiger partial charge in [0.15, 0.2) is 0 Å². The van der Waals surface area contributed by atoms with Gasteiger partial charge >= 0.3 is 0 Å². The molecule has 9 heteroatoms. The highest BCUT2D eigenvalue weighted by molar-refractivity contribution is 5.96. The third kappa shape index (κ3) is 3.42. The molecule has 29 heavy (non-hydrogen) atoms. The molecule has 1 aromatic carbocycles. The van der Waals surface area contributed by atoms with Crippen molar-refractivity contribution in [3.63, 3.8) is 0 Å². The number of nitrogens with one attached hydrogen (secondary N) is 2. The quantitative estimate of drug-likeness (QED) is 0.551. The summed E-state index contributed by atoms with van der Waals surface area (Å²) in [7, 11) is 0. The fourth-order valence-corrected chi connectivity index (χ4v) is 3.69. The second-order valence-electron chi connectivity index (χ2n) is 7.02. The van der Waals surface area contributed by atoms with Gasteiger partial charge in [-0.25, -0.2) is 0 Å². The van der Waals surface area contributed by atoms with E-state index in [1.807, 2.05) is 36.4 Å². The van der Waals surface area contributed by atoms with Crippen molar-refractivity contribution >= 4 is 22.8 Å². The van der Waals surface area contributed by atoms with Gasteiger partial charge in [0.2, 0.25) is 0 Å². The van der Waals surface area contributed by atoms with E-state index in [2.05, 4.69) is 35.8 Å². The molecule has 1 fully saturated rings. The van der Waals surface area contributed by atoms with Crippen LogP contribution >= 0.6 is 0 Å². The number of furan rings is 1. The van der Waals surface area contributed by atoms with Gasteiger partial charge in [-0.1, -0.05) is 17.2 Å². The fraction of sp³-hybridized carbons (Fsp3) is 0.250. The summed E-state index contributed by atoms with van der Waals surface area (Å²) in [6, 6.07) is 11.4. The van der Waals surface area contributed by atoms with Crippen LogP contribution in [0.5, 0.6) is 0 Å². The van der Waals surface area contributed by atoms with Crippen LogP contribution in [-0.2, 0) is 0 Å². The summed E-state index contributed by atoms with van der Waals surface area (Å²) in [4.78, 5) is 19.2. The molecule has 4 heterocycles. The van der Waals surface area contributed by atoms with Gasteiger partial charge in [-0.3, -0.25) is 9.78 Å². The molecule has 0 bridgehead atoms. The monoisotopic (exact) mass is 389 g/mol. The van der Waals surface area contributed by atoms with Gasteiger partial charge in [0.25, 0.3) is 11.9 Å². The Morgan fingerprint density at radius 2 is 1.97 bits per heavy atom. The first kappa shape index (κ1) is 17.4. The Balaban J connectivity index is 1.24. The topological polar surface area (TPSA) is 113 Å². The summed E-state index contributed by atoms with van der Waals surface area (Å²) in [5, 5.41) is 18.1. The van der Waals surface area contributed by atoms with E-state index in [1.165, 1.54) is 0 Å². The number of nitrogens with zero attached hydrogens (tertiary/aromatic N) is 5. The molecule has 1 aliphatic heterocycles. The van der Waals surface area contributed by atoms with Crippen LogP contribution in [0.2, 0.25) is 0 Å². The minimum absolute atomic E-state index is 0.0657. The van der Waals surface area contributed by atoms with Crippen LogP contribution in [0, 0.1) is 0 Å². The number of aromatic amines is 1. The van der Waals surface area contributed by atoms with Crippen LogP contribution < -0.4 is 10.2 Å². The van der Waals surface area contributed by atoms with Crippen LogP contribution in [0.25, 0.3) is 22.2 Å². The number of pyridine rings is 1. The SMILES string of the molecule is O=C(NC1CCN(c2nn[nH]n2)CC1)c1ccc(-c2nccc3occc23)cc1. The lowest BCUT2D eigenvalue weighted by molar-refractivity contribution is 0.0931. The maximum atomic E-state index is 12.6. The Bertz CT molecular complexity index is 1110. The van der Waals surface area contributed by atoms with E-state index in [0.717, 1.165) is 48.2 Å². The molecule has 0 radical (unpaired) electrons. The Morgan fingerprint density at radius 1 is 1.14 bits per heavy atom. The van der Waals surface area contributed by atoms with E-state index in [1.54, 1.807) is 12.5 Å². The molecule has 0 spiro atoms. The van der Waals surface area contributed by atoms with Crippen molar-refractivity contribution in [1.29, 1.82) is 0 Å². The Hall–Kier alpha value is -3.75. The average Bonchev–Trinajstić information content (AvgIpc) is 3.46. The molecule has 146 valence electrons. The molecule has 2 N–H and O–H groups in total. The zero-order valence-electron chi connectivity index (χ0n) is 15.6. The molecule has 3 aromatic heterocycles. The van der Waals surface area contributed by atoms with Gasteiger partial charge in [0.05, 0.1) is 12.0 Å².